The third kappa shape index (κ3) is 4.53. The second-order valence-electron chi connectivity index (χ2n) is 6.86. The molecule has 0 bridgehead atoms. The molecule has 1 aliphatic heterocycles. The molecule has 1 saturated heterocycles. The molecule has 0 atom stereocenters. The third-order valence-corrected chi connectivity index (χ3v) is 4.95. The topological polar surface area (TPSA) is 71.3 Å². The van der Waals surface area contributed by atoms with Gasteiger partial charge in [0.2, 0.25) is 0 Å². The monoisotopic (exact) mass is 386 g/mol. The molecular weight excluding hydrogens is 364 g/mol. The summed E-state index contributed by atoms with van der Waals surface area (Å²) in [4.78, 5) is 11.5. The van der Waals surface area contributed by atoms with Crippen LogP contribution in [0.15, 0.2) is 54.7 Å². The van der Waals surface area contributed by atoms with Gasteiger partial charge in [0.1, 0.15) is 11.6 Å². The van der Waals surface area contributed by atoms with E-state index in [2.05, 4.69) is 40.2 Å². The van der Waals surface area contributed by atoms with Crippen molar-refractivity contribution in [3.8, 4) is 23.1 Å². The first-order chi connectivity index (χ1) is 14.2. The van der Waals surface area contributed by atoms with Crippen LogP contribution < -0.4 is 9.64 Å². The first-order valence-electron chi connectivity index (χ1n) is 9.58. The number of benzene rings is 2. The zero-order chi connectivity index (χ0) is 20.1. The Labute approximate surface area is 170 Å². The molecule has 6 heteroatoms. The molecule has 0 N–H and O–H groups in total. The van der Waals surface area contributed by atoms with Crippen molar-refractivity contribution >= 4 is 5.69 Å². The lowest BCUT2D eigenvalue weighted by Crippen LogP contribution is -2.36. The van der Waals surface area contributed by atoms with Crippen LogP contribution >= 0.6 is 0 Å². The summed E-state index contributed by atoms with van der Waals surface area (Å²) in [5.41, 5.74) is 4.52. The number of ether oxygens (including phenoxy) is 2. The molecule has 3 aromatic rings. The van der Waals surface area contributed by atoms with Gasteiger partial charge in [-0.15, -0.1) is 0 Å². The van der Waals surface area contributed by atoms with Gasteiger partial charge in [-0.3, -0.25) is 0 Å². The van der Waals surface area contributed by atoms with Gasteiger partial charge < -0.3 is 14.4 Å². The first kappa shape index (κ1) is 18.9. The lowest BCUT2D eigenvalue weighted by atomic mass is 10.1. The largest absolute Gasteiger partial charge is 0.497 e. The number of rotatable bonds is 5. The summed E-state index contributed by atoms with van der Waals surface area (Å²) in [5, 5.41) is 9.25. The van der Waals surface area contributed by atoms with Gasteiger partial charge in [0.25, 0.3) is 0 Å². The summed E-state index contributed by atoms with van der Waals surface area (Å²) >= 11 is 0. The van der Waals surface area contributed by atoms with Crippen LogP contribution in [0, 0.1) is 11.3 Å². The number of nitriles is 1. The standard InChI is InChI=1S/C23H22N4O2/c1-28-21-13-18(16-24)12-19(15-21)22-6-7-25-23(26-22)14-17-2-4-20(5-3-17)27-8-10-29-11-9-27/h2-7,12-13,15H,8-11,14H2,1H3. The first-order valence-corrected chi connectivity index (χ1v) is 9.58. The van der Waals surface area contributed by atoms with E-state index >= 15 is 0 Å². The Kier molecular flexibility index (Phi) is 5.68. The summed E-state index contributed by atoms with van der Waals surface area (Å²) in [5.74, 6) is 1.38. The normalized spacial score (nSPS) is 13.7. The van der Waals surface area contributed by atoms with E-state index in [0.29, 0.717) is 17.7 Å². The van der Waals surface area contributed by atoms with E-state index in [1.165, 1.54) is 5.69 Å². The highest BCUT2D eigenvalue weighted by molar-refractivity contribution is 5.64. The highest BCUT2D eigenvalue weighted by Gasteiger charge is 2.11. The molecule has 0 saturated carbocycles. The second-order valence-corrected chi connectivity index (χ2v) is 6.86. The SMILES string of the molecule is COc1cc(C#N)cc(-c2ccnc(Cc3ccc(N4CCOCC4)cc3)n2)c1. The van der Waals surface area contributed by atoms with Crippen molar-refractivity contribution < 1.29 is 9.47 Å². The lowest BCUT2D eigenvalue weighted by Gasteiger charge is -2.28. The number of nitrogens with zero attached hydrogens (tertiary/aromatic N) is 4. The maximum absolute atomic E-state index is 9.25. The molecular formula is C23H22N4O2. The molecule has 2 heterocycles. The molecule has 29 heavy (non-hydrogen) atoms. The van der Waals surface area contributed by atoms with E-state index in [1.807, 2.05) is 18.2 Å². The van der Waals surface area contributed by atoms with Gasteiger partial charge in [-0.2, -0.15) is 5.26 Å². The molecule has 146 valence electrons. The highest BCUT2D eigenvalue weighted by atomic mass is 16.5. The van der Waals surface area contributed by atoms with Crippen molar-refractivity contribution in [1.82, 2.24) is 9.97 Å². The Morgan fingerprint density at radius 2 is 1.90 bits per heavy atom. The maximum atomic E-state index is 9.25. The zero-order valence-corrected chi connectivity index (χ0v) is 16.3. The Balaban J connectivity index is 1.53. The minimum atomic E-state index is 0.540. The van der Waals surface area contributed by atoms with Crippen LogP contribution in [-0.4, -0.2) is 43.4 Å². The number of morpholine rings is 1. The van der Waals surface area contributed by atoms with E-state index in [-0.39, 0.29) is 0 Å². The molecule has 1 aromatic heterocycles. The van der Waals surface area contributed by atoms with Crippen LogP contribution in [0.1, 0.15) is 17.0 Å². The molecule has 1 aliphatic rings. The van der Waals surface area contributed by atoms with E-state index < -0.39 is 0 Å². The minimum absolute atomic E-state index is 0.540. The Hall–Kier alpha value is -3.43. The maximum Gasteiger partial charge on any atom is 0.133 e. The molecule has 1 fully saturated rings. The van der Waals surface area contributed by atoms with Crippen molar-refractivity contribution in [2.24, 2.45) is 0 Å². The predicted octanol–water partition coefficient (Wildman–Crippen LogP) is 3.45. The van der Waals surface area contributed by atoms with Crippen LogP contribution in [0.4, 0.5) is 5.69 Å². The second kappa shape index (κ2) is 8.72. The molecule has 0 unspecified atom stereocenters. The van der Waals surface area contributed by atoms with Gasteiger partial charge in [0.15, 0.2) is 0 Å². The third-order valence-electron chi connectivity index (χ3n) is 4.95. The summed E-state index contributed by atoms with van der Waals surface area (Å²) in [6, 6.07) is 18.0. The van der Waals surface area contributed by atoms with Crippen molar-refractivity contribution in [2.75, 3.05) is 38.3 Å². The zero-order valence-electron chi connectivity index (χ0n) is 16.3. The van der Waals surface area contributed by atoms with Crippen molar-refractivity contribution in [1.29, 1.82) is 5.26 Å². The van der Waals surface area contributed by atoms with Crippen molar-refractivity contribution in [3.05, 3.63) is 71.7 Å². The molecule has 0 aliphatic carbocycles. The van der Waals surface area contributed by atoms with Crippen LogP contribution in [-0.2, 0) is 11.2 Å². The summed E-state index contributed by atoms with van der Waals surface area (Å²) in [6.45, 7) is 3.41. The number of hydrogen-bond acceptors (Lipinski definition) is 6. The Bertz CT molecular complexity index is 1020. The van der Waals surface area contributed by atoms with Gasteiger partial charge >= 0.3 is 0 Å². The molecule has 0 radical (unpaired) electrons. The van der Waals surface area contributed by atoms with Gasteiger partial charge in [0.05, 0.1) is 37.7 Å². The molecule has 2 aromatic carbocycles. The van der Waals surface area contributed by atoms with E-state index in [9.17, 15) is 5.26 Å². The molecule has 0 spiro atoms. The smallest absolute Gasteiger partial charge is 0.133 e. The van der Waals surface area contributed by atoms with Gasteiger partial charge in [-0.25, -0.2) is 9.97 Å². The molecule has 4 rings (SSSR count). The van der Waals surface area contributed by atoms with Crippen LogP contribution in [0.3, 0.4) is 0 Å². The summed E-state index contributed by atoms with van der Waals surface area (Å²) < 4.78 is 10.7. The number of hydrogen-bond donors (Lipinski definition) is 0. The highest BCUT2D eigenvalue weighted by Crippen LogP contribution is 2.25. The minimum Gasteiger partial charge on any atom is -0.497 e. The number of anilines is 1. The molecule has 6 nitrogen and oxygen atoms in total. The summed E-state index contributed by atoms with van der Waals surface area (Å²) in [7, 11) is 1.59. The fourth-order valence-corrected chi connectivity index (χ4v) is 3.40. The van der Waals surface area contributed by atoms with E-state index in [1.54, 1.807) is 19.4 Å². The fraction of sp³-hybridized carbons (Fsp3) is 0.261. The average Bonchev–Trinajstić information content (AvgIpc) is 2.80. The number of methoxy groups -OCH3 is 1. The fourth-order valence-electron chi connectivity index (χ4n) is 3.40. The van der Waals surface area contributed by atoms with Crippen molar-refractivity contribution in [2.45, 2.75) is 6.42 Å². The Morgan fingerprint density at radius 1 is 1.10 bits per heavy atom. The van der Waals surface area contributed by atoms with E-state index in [0.717, 1.165) is 48.9 Å². The average molecular weight is 386 g/mol. The molecule has 0 amide bonds. The quantitative estimate of drug-likeness (QED) is 0.669. The van der Waals surface area contributed by atoms with E-state index in [4.69, 9.17) is 14.5 Å². The predicted molar refractivity (Wildman–Crippen MR) is 111 cm³/mol. The van der Waals surface area contributed by atoms with Gasteiger partial charge in [-0.1, -0.05) is 12.1 Å². The number of aromatic nitrogens is 2. The summed E-state index contributed by atoms with van der Waals surface area (Å²) in [6.07, 6.45) is 2.40. The van der Waals surface area contributed by atoms with Crippen LogP contribution in [0.2, 0.25) is 0 Å². The van der Waals surface area contributed by atoms with Gasteiger partial charge in [-0.05, 0) is 42.0 Å². The van der Waals surface area contributed by atoms with Crippen molar-refractivity contribution in [3.63, 3.8) is 0 Å². The van der Waals surface area contributed by atoms with Crippen LogP contribution in [0.5, 0.6) is 5.75 Å². The van der Waals surface area contributed by atoms with Crippen LogP contribution in [0.25, 0.3) is 11.3 Å². The Morgan fingerprint density at radius 3 is 2.62 bits per heavy atom. The van der Waals surface area contributed by atoms with Gasteiger partial charge in [0, 0.05) is 37.0 Å². The lowest BCUT2D eigenvalue weighted by molar-refractivity contribution is 0.122.